The fourth-order valence-electron chi connectivity index (χ4n) is 0.948. The quantitative estimate of drug-likeness (QED) is 0.773. The highest BCUT2D eigenvalue weighted by Gasteiger charge is 2.33. The van der Waals surface area contributed by atoms with Crippen molar-refractivity contribution in [2.45, 2.75) is 12.9 Å². The van der Waals surface area contributed by atoms with Gasteiger partial charge in [0.15, 0.2) is 10.9 Å². The Morgan fingerprint density at radius 2 is 2.07 bits per heavy atom. The molecule has 0 saturated heterocycles. The lowest BCUT2D eigenvalue weighted by Gasteiger charge is -2.13. The number of anilines is 1. The van der Waals surface area contributed by atoms with Crippen LogP contribution in [0.25, 0.3) is 0 Å². The summed E-state index contributed by atoms with van der Waals surface area (Å²) in [5.41, 5.74) is 10.5. The van der Waals surface area contributed by atoms with Gasteiger partial charge in [-0.1, -0.05) is 11.6 Å². The van der Waals surface area contributed by atoms with Gasteiger partial charge >= 0.3 is 6.36 Å². The number of ether oxygens (including phenoxy) is 1. The van der Waals surface area contributed by atoms with E-state index in [0.29, 0.717) is 0 Å². The summed E-state index contributed by atoms with van der Waals surface area (Å²) in [5, 5.41) is -0.465. The number of aromatic nitrogens is 1. The minimum atomic E-state index is -4.84. The Morgan fingerprint density at radius 1 is 1.47 bits per heavy atom. The maximum atomic E-state index is 12.0. The second-order valence-electron chi connectivity index (χ2n) is 2.58. The molecule has 8 heteroatoms. The lowest BCUT2D eigenvalue weighted by Crippen LogP contribution is -2.19. The van der Waals surface area contributed by atoms with Gasteiger partial charge in [0.05, 0.1) is 0 Å². The largest absolute Gasteiger partial charge is 0.573 e. The van der Waals surface area contributed by atoms with Crippen LogP contribution in [0, 0.1) is 0 Å². The van der Waals surface area contributed by atoms with Gasteiger partial charge in [-0.3, -0.25) is 0 Å². The highest BCUT2D eigenvalue weighted by molar-refractivity contribution is 6.31. The molecule has 1 aromatic heterocycles. The molecule has 0 aliphatic rings. The third-order valence-electron chi connectivity index (χ3n) is 1.47. The molecule has 4 N–H and O–H groups in total. The van der Waals surface area contributed by atoms with Gasteiger partial charge in [0, 0.05) is 12.1 Å². The first kappa shape index (κ1) is 11.9. The molecule has 0 unspecified atom stereocenters. The van der Waals surface area contributed by atoms with Crippen LogP contribution in [0.3, 0.4) is 0 Å². The number of hydrogen-bond donors (Lipinski definition) is 2. The van der Waals surface area contributed by atoms with Gasteiger partial charge in [-0.05, 0) is 6.07 Å². The van der Waals surface area contributed by atoms with E-state index in [0.717, 1.165) is 0 Å². The maximum absolute atomic E-state index is 12.0. The van der Waals surface area contributed by atoms with Crippen molar-refractivity contribution in [3.8, 4) is 5.75 Å². The summed E-state index contributed by atoms with van der Waals surface area (Å²) in [6.45, 7) is -0.183. The topological polar surface area (TPSA) is 74.2 Å². The standard InChI is InChI=1S/C7H7ClF3N3O/c8-6-5(15-7(9,10)11)3(2-12)1-4(13)14-6/h1H,2,12H2,(H2,13,14). The van der Waals surface area contributed by atoms with Crippen molar-refractivity contribution in [3.05, 3.63) is 16.8 Å². The van der Waals surface area contributed by atoms with Crippen molar-refractivity contribution in [1.82, 2.24) is 4.98 Å². The minimum Gasteiger partial charge on any atom is -0.402 e. The van der Waals surface area contributed by atoms with E-state index in [1.54, 1.807) is 0 Å². The first-order chi connectivity index (χ1) is 6.83. The number of nitrogens with two attached hydrogens (primary N) is 2. The molecule has 15 heavy (non-hydrogen) atoms. The molecule has 0 atom stereocenters. The molecule has 0 aliphatic carbocycles. The van der Waals surface area contributed by atoms with E-state index in [4.69, 9.17) is 23.1 Å². The molecular weight excluding hydrogens is 235 g/mol. The van der Waals surface area contributed by atoms with Crippen LogP contribution in [0.1, 0.15) is 5.56 Å². The summed E-state index contributed by atoms with van der Waals surface area (Å²) >= 11 is 5.45. The summed E-state index contributed by atoms with van der Waals surface area (Å²) in [4.78, 5) is 3.43. The van der Waals surface area contributed by atoms with E-state index in [1.807, 2.05) is 0 Å². The number of rotatable bonds is 2. The predicted octanol–water partition coefficient (Wildman–Crippen LogP) is 1.67. The van der Waals surface area contributed by atoms with Gasteiger partial charge in [0.1, 0.15) is 5.82 Å². The van der Waals surface area contributed by atoms with Crippen LogP contribution in [-0.2, 0) is 6.54 Å². The Morgan fingerprint density at radius 3 is 2.53 bits per heavy atom. The second kappa shape index (κ2) is 4.11. The van der Waals surface area contributed by atoms with Crippen LogP contribution >= 0.6 is 11.6 Å². The van der Waals surface area contributed by atoms with Gasteiger partial charge in [0.25, 0.3) is 0 Å². The van der Waals surface area contributed by atoms with Crippen molar-refractivity contribution < 1.29 is 17.9 Å². The normalized spacial score (nSPS) is 11.5. The molecule has 84 valence electrons. The number of nitrogen functional groups attached to an aromatic ring is 1. The molecule has 1 aromatic rings. The van der Waals surface area contributed by atoms with Crippen molar-refractivity contribution in [2.24, 2.45) is 5.73 Å². The SMILES string of the molecule is NCc1cc(N)nc(Cl)c1OC(F)(F)F. The van der Waals surface area contributed by atoms with Gasteiger partial charge in [-0.25, -0.2) is 4.98 Å². The Labute approximate surface area is 88.0 Å². The summed E-state index contributed by atoms with van der Waals surface area (Å²) in [7, 11) is 0. The molecule has 0 fully saturated rings. The van der Waals surface area contributed by atoms with E-state index >= 15 is 0 Å². The Hall–Kier alpha value is -1.21. The second-order valence-corrected chi connectivity index (χ2v) is 2.94. The fourth-order valence-corrected chi connectivity index (χ4v) is 1.21. The Balaban J connectivity index is 3.15. The smallest absolute Gasteiger partial charge is 0.402 e. The van der Waals surface area contributed by atoms with E-state index in [2.05, 4.69) is 9.72 Å². The molecular formula is C7H7ClF3N3O. The molecule has 1 rings (SSSR count). The lowest BCUT2D eigenvalue weighted by molar-refractivity contribution is -0.275. The van der Waals surface area contributed by atoms with Gasteiger partial charge < -0.3 is 16.2 Å². The monoisotopic (exact) mass is 241 g/mol. The summed E-state index contributed by atoms with van der Waals surface area (Å²) in [5.74, 6) is -0.629. The van der Waals surface area contributed by atoms with Crippen molar-refractivity contribution in [1.29, 1.82) is 0 Å². The molecule has 1 heterocycles. The first-order valence-corrected chi connectivity index (χ1v) is 4.12. The Kier molecular flexibility index (Phi) is 3.25. The van der Waals surface area contributed by atoms with E-state index in [9.17, 15) is 13.2 Å². The third kappa shape index (κ3) is 3.14. The summed E-state index contributed by atoms with van der Waals surface area (Å²) in [6.07, 6.45) is -4.84. The number of nitrogens with zero attached hydrogens (tertiary/aromatic N) is 1. The molecule has 0 bridgehead atoms. The molecule has 0 saturated carbocycles. The molecule has 0 radical (unpaired) electrons. The average molecular weight is 242 g/mol. The van der Waals surface area contributed by atoms with Crippen LogP contribution in [0.15, 0.2) is 6.07 Å². The van der Waals surface area contributed by atoms with E-state index in [1.165, 1.54) is 6.07 Å². The summed E-state index contributed by atoms with van der Waals surface area (Å²) in [6, 6.07) is 1.17. The van der Waals surface area contributed by atoms with Crippen LogP contribution in [-0.4, -0.2) is 11.3 Å². The number of hydrogen-bond acceptors (Lipinski definition) is 4. The summed E-state index contributed by atoms with van der Waals surface area (Å²) < 4.78 is 39.6. The van der Waals surface area contributed by atoms with Crippen molar-refractivity contribution in [2.75, 3.05) is 5.73 Å². The fraction of sp³-hybridized carbons (Fsp3) is 0.286. The van der Waals surface area contributed by atoms with Crippen LogP contribution < -0.4 is 16.2 Å². The minimum absolute atomic E-state index is 0.0185. The van der Waals surface area contributed by atoms with E-state index < -0.39 is 17.3 Å². The van der Waals surface area contributed by atoms with Gasteiger partial charge in [-0.15, -0.1) is 13.2 Å². The number of halogens is 4. The van der Waals surface area contributed by atoms with Crippen LogP contribution in [0.4, 0.5) is 19.0 Å². The van der Waals surface area contributed by atoms with Crippen molar-refractivity contribution >= 4 is 17.4 Å². The van der Waals surface area contributed by atoms with Gasteiger partial charge in [-0.2, -0.15) is 0 Å². The molecule has 4 nitrogen and oxygen atoms in total. The lowest BCUT2D eigenvalue weighted by atomic mass is 10.2. The highest BCUT2D eigenvalue weighted by Crippen LogP contribution is 2.33. The van der Waals surface area contributed by atoms with Crippen molar-refractivity contribution in [3.63, 3.8) is 0 Å². The number of pyridine rings is 1. The predicted molar refractivity (Wildman–Crippen MR) is 48.2 cm³/mol. The van der Waals surface area contributed by atoms with Crippen LogP contribution in [0.5, 0.6) is 5.75 Å². The molecule has 0 spiro atoms. The highest BCUT2D eigenvalue weighted by atomic mass is 35.5. The zero-order chi connectivity index (χ0) is 11.6. The molecule has 0 aromatic carbocycles. The molecule has 0 aliphatic heterocycles. The zero-order valence-electron chi connectivity index (χ0n) is 7.31. The average Bonchev–Trinajstić information content (AvgIpc) is 2.07. The maximum Gasteiger partial charge on any atom is 0.573 e. The third-order valence-corrected chi connectivity index (χ3v) is 1.72. The first-order valence-electron chi connectivity index (χ1n) is 3.74. The van der Waals surface area contributed by atoms with Gasteiger partial charge in [0.2, 0.25) is 0 Å². The zero-order valence-corrected chi connectivity index (χ0v) is 8.06. The van der Waals surface area contributed by atoms with E-state index in [-0.39, 0.29) is 17.9 Å². The molecule has 0 amide bonds. The number of alkyl halides is 3. The van der Waals surface area contributed by atoms with Crippen LogP contribution in [0.2, 0.25) is 5.15 Å². The Bertz CT molecular complexity index is 369.